The Morgan fingerprint density at radius 2 is 1.90 bits per heavy atom. The molecule has 148 valence electrons. The summed E-state index contributed by atoms with van der Waals surface area (Å²) in [6.45, 7) is 0.591. The monoisotopic (exact) mass is 390 g/mol. The van der Waals surface area contributed by atoms with Gasteiger partial charge in [0.2, 0.25) is 0 Å². The van der Waals surface area contributed by atoms with Gasteiger partial charge in [-0.2, -0.15) is 0 Å². The molecule has 0 fully saturated rings. The lowest BCUT2D eigenvalue weighted by molar-refractivity contribution is 0.233. The van der Waals surface area contributed by atoms with Crippen molar-refractivity contribution in [1.29, 1.82) is 0 Å². The fourth-order valence-corrected chi connectivity index (χ4v) is 3.25. The molecule has 0 atom stereocenters. The van der Waals surface area contributed by atoms with Crippen molar-refractivity contribution in [2.45, 2.75) is 6.42 Å². The Bertz CT molecular complexity index is 1120. The van der Waals surface area contributed by atoms with E-state index in [1.807, 2.05) is 59.3 Å². The Hall–Kier alpha value is -3.58. The highest BCUT2D eigenvalue weighted by molar-refractivity contribution is 6.01. The molecule has 2 heterocycles. The molecular weight excluding hydrogens is 368 g/mol. The molecule has 4 aromatic rings. The molecule has 7 heteroatoms. The van der Waals surface area contributed by atoms with Gasteiger partial charge in [0.05, 0.1) is 19.1 Å². The van der Waals surface area contributed by atoms with Gasteiger partial charge in [-0.05, 0) is 42.0 Å². The number of rotatable bonds is 7. The maximum absolute atomic E-state index is 8.88. The van der Waals surface area contributed by atoms with Gasteiger partial charge in [-0.15, -0.1) is 0 Å². The van der Waals surface area contributed by atoms with Gasteiger partial charge >= 0.3 is 0 Å². The van der Waals surface area contributed by atoms with Crippen molar-refractivity contribution in [1.82, 2.24) is 14.5 Å². The average molecular weight is 390 g/mol. The van der Waals surface area contributed by atoms with Gasteiger partial charge in [0.1, 0.15) is 23.6 Å². The zero-order valence-electron chi connectivity index (χ0n) is 16.1. The second-order valence-corrected chi connectivity index (χ2v) is 6.52. The minimum Gasteiger partial charge on any atom is -0.497 e. The molecular formula is C22H22N4O3. The lowest BCUT2D eigenvalue weighted by Gasteiger charge is -2.08. The molecule has 0 radical (unpaired) electrons. The van der Waals surface area contributed by atoms with Crippen molar-refractivity contribution in [3.05, 3.63) is 61.1 Å². The van der Waals surface area contributed by atoms with E-state index in [-0.39, 0.29) is 6.61 Å². The van der Waals surface area contributed by atoms with E-state index in [9.17, 15) is 0 Å². The Morgan fingerprint density at radius 3 is 2.66 bits per heavy atom. The summed E-state index contributed by atoms with van der Waals surface area (Å²) in [6.07, 6.45) is 4.08. The van der Waals surface area contributed by atoms with Crippen molar-refractivity contribution in [3.63, 3.8) is 0 Å². The van der Waals surface area contributed by atoms with Crippen LogP contribution in [-0.2, 0) is 0 Å². The molecule has 7 nitrogen and oxygen atoms in total. The van der Waals surface area contributed by atoms with E-state index in [0.717, 1.165) is 39.3 Å². The molecule has 29 heavy (non-hydrogen) atoms. The third-order valence-corrected chi connectivity index (χ3v) is 4.68. The van der Waals surface area contributed by atoms with E-state index in [2.05, 4.69) is 9.97 Å². The smallest absolute Gasteiger partial charge is 0.150 e. The summed E-state index contributed by atoms with van der Waals surface area (Å²) in [4.78, 5) is 8.65. The highest BCUT2D eigenvalue weighted by Crippen LogP contribution is 2.35. The quantitative estimate of drug-likeness (QED) is 0.469. The molecule has 3 N–H and O–H groups in total. The molecule has 0 spiro atoms. The summed E-state index contributed by atoms with van der Waals surface area (Å²) < 4.78 is 13.0. The SMILES string of the molecule is COc1cccc(-c2cn(-c3ccc(OCCCO)cc3)c3ncnc(N)c23)c1. The lowest BCUT2D eigenvalue weighted by Crippen LogP contribution is -2.00. The number of aliphatic hydroxyl groups is 1. The molecule has 0 saturated carbocycles. The summed E-state index contributed by atoms with van der Waals surface area (Å²) in [6, 6.07) is 15.5. The molecule has 2 aromatic heterocycles. The molecule has 0 aliphatic carbocycles. The first-order valence-corrected chi connectivity index (χ1v) is 9.31. The van der Waals surface area contributed by atoms with Crippen LogP contribution in [0.4, 0.5) is 5.82 Å². The van der Waals surface area contributed by atoms with Gasteiger partial charge in [-0.1, -0.05) is 12.1 Å². The van der Waals surface area contributed by atoms with Crippen molar-refractivity contribution >= 4 is 16.9 Å². The molecule has 0 saturated heterocycles. The van der Waals surface area contributed by atoms with Crippen molar-refractivity contribution in [3.8, 4) is 28.3 Å². The van der Waals surface area contributed by atoms with Crippen LogP contribution in [0, 0.1) is 0 Å². The largest absolute Gasteiger partial charge is 0.497 e. The highest BCUT2D eigenvalue weighted by Gasteiger charge is 2.16. The number of nitrogens with two attached hydrogens (primary N) is 1. The van der Waals surface area contributed by atoms with Gasteiger partial charge in [0, 0.05) is 30.5 Å². The standard InChI is InChI=1S/C22H22N4O3/c1-28-18-5-2-4-15(12-18)19-13-26(22-20(19)21(23)24-14-25-22)16-6-8-17(9-7-16)29-11-3-10-27/h2,4-9,12-14,27H,3,10-11H2,1H3,(H2,23,24,25). The van der Waals surface area contributed by atoms with Crippen LogP contribution in [0.15, 0.2) is 61.1 Å². The zero-order chi connectivity index (χ0) is 20.2. The van der Waals surface area contributed by atoms with Gasteiger partial charge in [0.15, 0.2) is 5.65 Å². The van der Waals surface area contributed by atoms with Crippen LogP contribution in [0.5, 0.6) is 11.5 Å². The normalized spacial score (nSPS) is 11.0. The maximum Gasteiger partial charge on any atom is 0.150 e. The van der Waals surface area contributed by atoms with E-state index >= 15 is 0 Å². The van der Waals surface area contributed by atoms with Crippen molar-refractivity contribution in [2.24, 2.45) is 0 Å². The minimum atomic E-state index is 0.113. The number of hydrogen-bond acceptors (Lipinski definition) is 6. The Kier molecular flexibility index (Phi) is 5.31. The lowest BCUT2D eigenvalue weighted by atomic mass is 10.1. The van der Waals surface area contributed by atoms with E-state index in [0.29, 0.717) is 18.8 Å². The summed E-state index contributed by atoms with van der Waals surface area (Å²) in [5.41, 5.74) is 9.77. The number of aliphatic hydroxyl groups excluding tert-OH is 1. The van der Waals surface area contributed by atoms with Gasteiger partial charge < -0.3 is 24.9 Å². The predicted octanol–water partition coefficient (Wildman–Crippen LogP) is 3.44. The zero-order valence-corrected chi connectivity index (χ0v) is 16.1. The Labute approximate surface area is 168 Å². The summed E-state index contributed by atoms with van der Waals surface area (Å²) in [7, 11) is 1.64. The molecule has 0 aliphatic heterocycles. The first kappa shape index (κ1) is 18.8. The number of aromatic nitrogens is 3. The number of ether oxygens (including phenoxy) is 2. The molecule has 0 bridgehead atoms. The van der Waals surface area contributed by atoms with Crippen LogP contribution in [0.1, 0.15) is 6.42 Å². The third-order valence-electron chi connectivity index (χ3n) is 4.68. The molecule has 0 unspecified atom stereocenters. The number of methoxy groups -OCH3 is 1. The number of nitrogen functional groups attached to an aromatic ring is 1. The summed E-state index contributed by atoms with van der Waals surface area (Å²) >= 11 is 0. The molecule has 4 rings (SSSR count). The van der Waals surface area contributed by atoms with Crippen LogP contribution in [0.3, 0.4) is 0 Å². The van der Waals surface area contributed by atoms with E-state index in [4.69, 9.17) is 20.3 Å². The van der Waals surface area contributed by atoms with Crippen LogP contribution >= 0.6 is 0 Å². The van der Waals surface area contributed by atoms with Gasteiger partial charge in [-0.3, -0.25) is 0 Å². The predicted molar refractivity (Wildman–Crippen MR) is 112 cm³/mol. The fourth-order valence-electron chi connectivity index (χ4n) is 3.25. The van der Waals surface area contributed by atoms with E-state index < -0.39 is 0 Å². The number of nitrogens with zero attached hydrogens (tertiary/aromatic N) is 3. The third kappa shape index (κ3) is 3.72. The number of hydrogen-bond donors (Lipinski definition) is 2. The van der Waals surface area contributed by atoms with Crippen molar-refractivity contribution < 1.29 is 14.6 Å². The van der Waals surface area contributed by atoms with Crippen LogP contribution in [-0.4, -0.2) is 40.0 Å². The topological polar surface area (TPSA) is 95.4 Å². The first-order valence-electron chi connectivity index (χ1n) is 9.31. The van der Waals surface area contributed by atoms with Crippen molar-refractivity contribution in [2.75, 3.05) is 26.1 Å². The number of anilines is 1. The molecule has 0 amide bonds. The fraction of sp³-hybridized carbons (Fsp3) is 0.182. The maximum atomic E-state index is 8.88. The van der Waals surface area contributed by atoms with Crippen LogP contribution < -0.4 is 15.2 Å². The second-order valence-electron chi connectivity index (χ2n) is 6.52. The summed E-state index contributed by atoms with van der Waals surface area (Å²) in [5.74, 6) is 1.94. The second kappa shape index (κ2) is 8.20. The van der Waals surface area contributed by atoms with Gasteiger partial charge in [-0.25, -0.2) is 9.97 Å². The Morgan fingerprint density at radius 1 is 1.07 bits per heavy atom. The number of benzene rings is 2. The van der Waals surface area contributed by atoms with Crippen LogP contribution in [0.2, 0.25) is 0 Å². The number of fused-ring (bicyclic) bond motifs is 1. The summed E-state index contributed by atoms with van der Waals surface area (Å²) in [5, 5.41) is 9.67. The van der Waals surface area contributed by atoms with Crippen LogP contribution in [0.25, 0.3) is 27.8 Å². The average Bonchev–Trinajstić information content (AvgIpc) is 3.16. The van der Waals surface area contributed by atoms with E-state index in [1.165, 1.54) is 6.33 Å². The van der Waals surface area contributed by atoms with E-state index in [1.54, 1.807) is 7.11 Å². The van der Waals surface area contributed by atoms with Gasteiger partial charge in [0.25, 0.3) is 0 Å². The minimum absolute atomic E-state index is 0.113. The Balaban J connectivity index is 1.79. The highest BCUT2D eigenvalue weighted by atomic mass is 16.5. The first-order chi connectivity index (χ1) is 14.2. The molecule has 0 aliphatic rings. The molecule has 2 aromatic carbocycles.